The van der Waals surface area contributed by atoms with Crippen LogP contribution in [0.3, 0.4) is 0 Å². The van der Waals surface area contributed by atoms with E-state index in [1.54, 1.807) is 0 Å². The quantitative estimate of drug-likeness (QED) is 0.429. The summed E-state index contributed by atoms with van der Waals surface area (Å²) in [6.45, 7) is 9.12. The van der Waals surface area contributed by atoms with Crippen LogP contribution in [-0.4, -0.2) is 36.4 Å². The zero-order valence-electron chi connectivity index (χ0n) is 16.7. The van der Waals surface area contributed by atoms with E-state index in [1.165, 1.54) is 12.7 Å². The van der Waals surface area contributed by atoms with Gasteiger partial charge in [0.25, 0.3) is 6.47 Å². The number of allylic oxidation sites excluding steroid dienone is 1. The molecule has 2 fully saturated rings. The van der Waals surface area contributed by atoms with E-state index in [2.05, 4.69) is 26.8 Å². The van der Waals surface area contributed by atoms with Crippen molar-refractivity contribution in [1.29, 1.82) is 0 Å². The van der Waals surface area contributed by atoms with Gasteiger partial charge in [-0.25, -0.2) is 0 Å². The summed E-state index contributed by atoms with van der Waals surface area (Å²) in [5, 5.41) is 0. The van der Waals surface area contributed by atoms with Crippen molar-refractivity contribution in [1.82, 2.24) is 0 Å². The molecule has 5 nitrogen and oxygen atoms in total. The lowest BCUT2D eigenvalue weighted by atomic mass is 9.49. The van der Waals surface area contributed by atoms with E-state index in [0.29, 0.717) is 6.47 Å². The molecule has 5 heteroatoms. The van der Waals surface area contributed by atoms with Crippen molar-refractivity contribution in [3.63, 3.8) is 0 Å². The molecule has 0 bridgehead atoms. The fourth-order valence-electron chi connectivity index (χ4n) is 6.13. The molecule has 1 saturated heterocycles. The molecule has 1 aliphatic heterocycles. The lowest BCUT2D eigenvalue weighted by molar-refractivity contribution is -0.216. The molecule has 5 atom stereocenters. The molecule has 3 rings (SSSR count). The number of carbonyl (C=O) groups excluding carboxylic acids is 2. The van der Waals surface area contributed by atoms with E-state index >= 15 is 0 Å². The van der Waals surface area contributed by atoms with Gasteiger partial charge in [-0.1, -0.05) is 13.0 Å². The normalized spacial score (nSPS) is 45.0. The lowest BCUT2D eigenvalue weighted by Crippen LogP contribution is -2.62. The molecule has 3 aliphatic rings. The molecule has 0 amide bonds. The van der Waals surface area contributed by atoms with Crippen LogP contribution in [0.25, 0.3) is 0 Å². The minimum atomic E-state index is -0.521. The Balaban J connectivity index is 1.99. The predicted octanol–water partition coefficient (Wildman–Crippen LogP) is 3.95. The summed E-state index contributed by atoms with van der Waals surface area (Å²) in [5.41, 5.74) is -0.279. The fraction of sp³-hybridized carbons (Fsp3) is 0.810. The van der Waals surface area contributed by atoms with Crippen LogP contribution in [0.1, 0.15) is 72.6 Å². The lowest BCUT2D eigenvalue weighted by Gasteiger charge is -2.60. The predicted molar refractivity (Wildman–Crippen MR) is 97.5 cm³/mol. The molecule has 0 N–H and O–H groups in total. The second kappa shape index (κ2) is 6.36. The second-order valence-corrected chi connectivity index (χ2v) is 9.11. The molecule has 1 saturated carbocycles. The van der Waals surface area contributed by atoms with Crippen LogP contribution in [0, 0.1) is 11.3 Å². The van der Waals surface area contributed by atoms with Crippen LogP contribution < -0.4 is 0 Å². The number of carbonyl (C=O) groups is 2. The Morgan fingerprint density at radius 3 is 2.65 bits per heavy atom. The number of fused-ring (bicyclic) bond motifs is 2. The van der Waals surface area contributed by atoms with Gasteiger partial charge in [-0.3, -0.25) is 9.59 Å². The summed E-state index contributed by atoms with van der Waals surface area (Å²) in [7, 11) is 1.42. The fourth-order valence-corrected chi connectivity index (χ4v) is 6.13. The highest BCUT2D eigenvalue weighted by molar-refractivity contribution is 5.70. The van der Waals surface area contributed by atoms with Crippen molar-refractivity contribution in [3.8, 4) is 0 Å². The highest BCUT2D eigenvalue weighted by Crippen LogP contribution is 2.65. The van der Waals surface area contributed by atoms with Crippen LogP contribution in [0.15, 0.2) is 11.6 Å². The van der Waals surface area contributed by atoms with Gasteiger partial charge in [0, 0.05) is 11.3 Å². The summed E-state index contributed by atoms with van der Waals surface area (Å²) < 4.78 is 17.3. The first-order valence-corrected chi connectivity index (χ1v) is 9.70. The van der Waals surface area contributed by atoms with E-state index < -0.39 is 16.8 Å². The van der Waals surface area contributed by atoms with Gasteiger partial charge in [-0.15, -0.1) is 0 Å². The number of ether oxygens (including phenoxy) is 3. The Morgan fingerprint density at radius 2 is 2.00 bits per heavy atom. The largest absolute Gasteiger partial charge is 0.469 e. The van der Waals surface area contributed by atoms with E-state index in [-0.39, 0.29) is 23.7 Å². The van der Waals surface area contributed by atoms with Gasteiger partial charge in [0.2, 0.25) is 0 Å². The third kappa shape index (κ3) is 2.70. The Hall–Kier alpha value is -1.36. The van der Waals surface area contributed by atoms with Gasteiger partial charge >= 0.3 is 5.97 Å². The van der Waals surface area contributed by atoms with E-state index in [9.17, 15) is 9.59 Å². The first-order chi connectivity index (χ1) is 12.1. The highest BCUT2D eigenvalue weighted by Gasteiger charge is 2.66. The summed E-state index contributed by atoms with van der Waals surface area (Å²) in [5.74, 6) is -0.0282. The van der Waals surface area contributed by atoms with Crippen LogP contribution in [0.2, 0.25) is 0 Å². The van der Waals surface area contributed by atoms with Gasteiger partial charge < -0.3 is 14.2 Å². The molecular formula is C21H32O5. The Kier molecular flexibility index (Phi) is 4.75. The molecule has 1 spiro atoms. The van der Waals surface area contributed by atoms with Crippen molar-refractivity contribution in [3.05, 3.63) is 11.6 Å². The zero-order chi connectivity index (χ0) is 19.2. The average molecular weight is 364 g/mol. The first kappa shape index (κ1) is 19.4. The van der Waals surface area contributed by atoms with Gasteiger partial charge in [0.05, 0.1) is 24.7 Å². The van der Waals surface area contributed by atoms with Gasteiger partial charge in [-0.05, 0) is 64.9 Å². The third-order valence-electron chi connectivity index (χ3n) is 7.58. The second-order valence-electron chi connectivity index (χ2n) is 9.11. The molecule has 0 aromatic carbocycles. The molecule has 0 radical (unpaired) electrons. The Bertz CT molecular complexity index is 628. The maximum atomic E-state index is 11.9. The molecule has 26 heavy (non-hydrogen) atoms. The zero-order valence-corrected chi connectivity index (χ0v) is 16.7. The first-order valence-electron chi connectivity index (χ1n) is 9.70. The number of esters is 1. The van der Waals surface area contributed by atoms with E-state index in [0.717, 1.165) is 38.5 Å². The molecular weight excluding hydrogens is 332 g/mol. The SMILES string of the molecule is COC(=O)C[C@]1(C)CC[C@@]2(O1)C(C)=CC[C@H]1[C@](C)(OC=O)CCC[C@@]12C. The van der Waals surface area contributed by atoms with Gasteiger partial charge in [-0.2, -0.15) is 0 Å². The molecule has 146 valence electrons. The maximum Gasteiger partial charge on any atom is 0.308 e. The van der Waals surface area contributed by atoms with Crippen LogP contribution in [0.4, 0.5) is 0 Å². The summed E-state index contributed by atoms with van der Waals surface area (Å²) in [6, 6.07) is 0. The summed E-state index contributed by atoms with van der Waals surface area (Å²) >= 11 is 0. The van der Waals surface area contributed by atoms with E-state index in [4.69, 9.17) is 14.2 Å². The molecule has 0 aromatic heterocycles. The van der Waals surface area contributed by atoms with Gasteiger partial charge in [0.1, 0.15) is 5.60 Å². The Morgan fingerprint density at radius 1 is 1.27 bits per heavy atom. The van der Waals surface area contributed by atoms with Crippen molar-refractivity contribution in [2.24, 2.45) is 11.3 Å². The van der Waals surface area contributed by atoms with Gasteiger partial charge in [0.15, 0.2) is 0 Å². The standard InChI is InChI=1S/C21H32O5/c1-15-7-8-16-19(3,9-6-10-20(16,4)25-14-22)21(15)12-11-18(2,26-21)13-17(23)24-5/h7,14,16H,6,8-13H2,1-5H3/t16-,18+,19+,20-,21-/m1/s1. The average Bonchev–Trinajstić information content (AvgIpc) is 2.92. The molecule has 1 heterocycles. The van der Waals surface area contributed by atoms with Crippen LogP contribution in [0.5, 0.6) is 0 Å². The van der Waals surface area contributed by atoms with Crippen molar-refractivity contribution < 1.29 is 23.8 Å². The van der Waals surface area contributed by atoms with Crippen molar-refractivity contribution in [2.45, 2.75) is 89.4 Å². The number of hydrogen-bond donors (Lipinski definition) is 0. The monoisotopic (exact) mass is 364 g/mol. The molecule has 0 aromatic rings. The highest BCUT2D eigenvalue weighted by atomic mass is 16.6. The van der Waals surface area contributed by atoms with Crippen LogP contribution >= 0.6 is 0 Å². The topological polar surface area (TPSA) is 61.8 Å². The number of rotatable bonds is 4. The maximum absolute atomic E-state index is 11.9. The molecule has 2 aliphatic carbocycles. The summed E-state index contributed by atoms with van der Waals surface area (Å²) in [4.78, 5) is 23.1. The minimum Gasteiger partial charge on any atom is -0.469 e. The van der Waals surface area contributed by atoms with Crippen LogP contribution in [-0.2, 0) is 23.8 Å². The van der Waals surface area contributed by atoms with E-state index in [1.807, 2.05) is 6.92 Å². The third-order valence-corrected chi connectivity index (χ3v) is 7.58. The smallest absolute Gasteiger partial charge is 0.308 e. The van der Waals surface area contributed by atoms with Crippen molar-refractivity contribution in [2.75, 3.05) is 7.11 Å². The number of hydrogen-bond acceptors (Lipinski definition) is 5. The summed E-state index contributed by atoms with van der Waals surface area (Å²) in [6.07, 6.45) is 8.04. The minimum absolute atomic E-state index is 0.129. The Labute approximate surface area is 156 Å². The number of methoxy groups -OCH3 is 1. The van der Waals surface area contributed by atoms with Crippen molar-refractivity contribution >= 4 is 12.4 Å². The molecule has 0 unspecified atom stereocenters.